The molecule has 0 bridgehead atoms. The first-order chi connectivity index (χ1) is 8.58. The molecule has 1 aromatic rings. The van der Waals surface area contributed by atoms with Crippen LogP contribution in [0.3, 0.4) is 0 Å². The maximum absolute atomic E-state index is 10.8. The number of anilines is 1. The molecule has 0 aliphatic heterocycles. The van der Waals surface area contributed by atoms with Crippen molar-refractivity contribution in [3.8, 4) is 6.07 Å². The zero-order valence-corrected chi connectivity index (χ0v) is 10.1. The van der Waals surface area contributed by atoms with Crippen LogP contribution in [0.2, 0.25) is 0 Å². The number of rotatable bonds is 6. The topological polar surface area (TPSA) is 99.2 Å². The highest BCUT2D eigenvalue weighted by Gasteiger charge is 2.14. The normalized spacial score (nSPS) is 11.6. The van der Waals surface area contributed by atoms with Crippen LogP contribution in [0.15, 0.2) is 18.2 Å². The SMILES string of the molecule is CCC(O)CCNc1ccc(C#N)cc1[N+](=O)[O-]. The molecule has 0 saturated carbocycles. The minimum Gasteiger partial charge on any atom is -0.393 e. The van der Waals surface area contributed by atoms with Gasteiger partial charge < -0.3 is 10.4 Å². The Morgan fingerprint density at radius 1 is 1.61 bits per heavy atom. The summed E-state index contributed by atoms with van der Waals surface area (Å²) in [6, 6.07) is 6.12. The Hall–Kier alpha value is -2.13. The Kier molecular flexibility index (Phi) is 5.08. The molecule has 1 unspecified atom stereocenters. The molecule has 1 aromatic carbocycles. The van der Waals surface area contributed by atoms with Gasteiger partial charge in [-0.1, -0.05) is 6.92 Å². The first-order valence-corrected chi connectivity index (χ1v) is 5.69. The highest BCUT2D eigenvalue weighted by atomic mass is 16.6. The van der Waals surface area contributed by atoms with Crippen molar-refractivity contribution in [3.63, 3.8) is 0 Å². The summed E-state index contributed by atoms with van der Waals surface area (Å²) in [5, 5.41) is 31.8. The lowest BCUT2D eigenvalue weighted by molar-refractivity contribution is -0.384. The summed E-state index contributed by atoms with van der Waals surface area (Å²) < 4.78 is 0. The Morgan fingerprint density at radius 3 is 2.89 bits per heavy atom. The molecule has 96 valence electrons. The molecule has 0 aromatic heterocycles. The van der Waals surface area contributed by atoms with Crippen molar-refractivity contribution in [2.75, 3.05) is 11.9 Å². The smallest absolute Gasteiger partial charge is 0.293 e. The molecule has 0 aliphatic carbocycles. The van der Waals surface area contributed by atoms with Crippen molar-refractivity contribution in [2.45, 2.75) is 25.9 Å². The quantitative estimate of drug-likeness (QED) is 0.593. The molecule has 0 spiro atoms. The zero-order chi connectivity index (χ0) is 13.5. The van der Waals surface area contributed by atoms with Crippen LogP contribution in [0.5, 0.6) is 0 Å². The van der Waals surface area contributed by atoms with Crippen molar-refractivity contribution >= 4 is 11.4 Å². The largest absolute Gasteiger partial charge is 0.393 e. The number of hydrogen-bond donors (Lipinski definition) is 2. The third kappa shape index (κ3) is 3.71. The number of benzene rings is 1. The molecule has 2 N–H and O–H groups in total. The Morgan fingerprint density at radius 2 is 2.33 bits per heavy atom. The number of nitro benzene ring substituents is 1. The van der Waals surface area contributed by atoms with Crippen molar-refractivity contribution < 1.29 is 10.0 Å². The van der Waals surface area contributed by atoms with E-state index in [1.165, 1.54) is 18.2 Å². The monoisotopic (exact) mass is 249 g/mol. The fourth-order valence-corrected chi connectivity index (χ4v) is 1.48. The van der Waals surface area contributed by atoms with Crippen molar-refractivity contribution in [1.82, 2.24) is 0 Å². The third-order valence-electron chi connectivity index (χ3n) is 2.59. The molecule has 6 heteroatoms. The first-order valence-electron chi connectivity index (χ1n) is 5.69. The molecule has 0 amide bonds. The van der Waals surface area contributed by atoms with Gasteiger partial charge in [-0.25, -0.2) is 0 Å². The summed E-state index contributed by atoms with van der Waals surface area (Å²) in [5.41, 5.74) is 0.489. The van der Waals surface area contributed by atoms with E-state index in [4.69, 9.17) is 5.26 Å². The Bertz CT molecular complexity index is 468. The van der Waals surface area contributed by atoms with Crippen LogP contribution < -0.4 is 5.32 Å². The molecule has 0 fully saturated rings. The van der Waals surface area contributed by atoms with Gasteiger partial charge in [-0.15, -0.1) is 0 Å². The van der Waals surface area contributed by atoms with Crippen molar-refractivity contribution in [3.05, 3.63) is 33.9 Å². The molecule has 0 aliphatic rings. The number of nitrogens with zero attached hydrogens (tertiary/aromatic N) is 2. The lowest BCUT2D eigenvalue weighted by Crippen LogP contribution is -2.13. The Labute approximate surface area is 105 Å². The number of hydrogen-bond acceptors (Lipinski definition) is 5. The molecular formula is C12H15N3O3. The van der Waals surface area contributed by atoms with Gasteiger partial charge in [0.1, 0.15) is 5.69 Å². The number of nitriles is 1. The number of nitrogens with one attached hydrogen (secondary N) is 1. The van der Waals surface area contributed by atoms with Gasteiger partial charge in [0.15, 0.2) is 0 Å². The van der Waals surface area contributed by atoms with Crippen LogP contribution in [0.4, 0.5) is 11.4 Å². The second-order valence-electron chi connectivity index (χ2n) is 3.88. The van der Waals surface area contributed by atoms with Gasteiger partial charge in [0.25, 0.3) is 5.69 Å². The van der Waals surface area contributed by atoms with E-state index in [0.717, 1.165) is 0 Å². The van der Waals surface area contributed by atoms with Gasteiger partial charge in [0, 0.05) is 12.6 Å². The molecule has 18 heavy (non-hydrogen) atoms. The molecular weight excluding hydrogens is 234 g/mol. The zero-order valence-electron chi connectivity index (χ0n) is 10.1. The van der Waals surface area contributed by atoms with Gasteiger partial charge in [0.2, 0.25) is 0 Å². The summed E-state index contributed by atoms with van der Waals surface area (Å²) in [6.07, 6.45) is 0.764. The molecule has 1 atom stereocenters. The first kappa shape index (κ1) is 13.9. The van der Waals surface area contributed by atoms with E-state index in [0.29, 0.717) is 25.1 Å². The highest BCUT2D eigenvalue weighted by molar-refractivity contribution is 5.63. The van der Waals surface area contributed by atoms with Crippen LogP contribution in [0.1, 0.15) is 25.3 Å². The van der Waals surface area contributed by atoms with Crippen LogP contribution in [-0.2, 0) is 0 Å². The van der Waals surface area contributed by atoms with E-state index in [2.05, 4.69) is 5.32 Å². The number of aliphatic hydroxyl groups excluding tert-OH is 1. The lowest BCUT2D eigenvalue weighted by atomic mass is 10.1. The molecule has 6 nitrogen and oxygen atoms in total. The fraction of sp³-hybridized carbons (Fsp3) is 0.417. The van der Waals surface area contributed by atoms with Crippen LogP contribution in [0, 0.1) is 21.4 Å². The molecule has 0 heterocycles. The van der Waals surface area contributed by atoms with E-state index in [-0.39, 0.29) is 11.3 Å². The van der Waals surface area contributed by atoms with Gasteiger partial charge >= 0.3 is 0 Å². The molecule has 1 rings (SSSR count). The van der Waals surface area contributed by atoms with Crippen molar-refractivity contribution in [2.24, 2.45) is 0 Å². The summed E-state index contributed by atoms with van der Waals surface area (Å²) in [7, 11) is 0. The van der Waals surface area contributed by atoms with Crippen LogP contribution in [0.25, 0.3) is 0 Å². The van der Waals surface area contributed by atoms with Crippen molar-refractivity contribution in [1.29, 1.82) is 5.26 Å². The average Bonchev–Trinajstić information content (AvgIpc) is 2.38. The average molecular weight is 249 g/mol. The Balaban J connectivity index is 2.76. The summed E-state index contributed by atoms with van der Waals surface area (Å²) in [4.78, 5) is 10.3. The van der Waals surface area contributed by atoms with E-state index in [9.17, 15) is 15.2 Å². The summed E-state index contributed by atoms with van der Waals surface area (Å²) in [5.74, 6) is 0. The standard InChI is InChI=1S/C12H15N3O3/c1-2-10(16)5-6-14-11-4-3-9(8-13)7-12(11)15(17)18/h3-4,7,10,14,16H,2,5-6H2,1H3. The summed E-state index contributed by atoms with van der Waals surface area (Å²) in [6.45, 7) is 2.32. The van der Waals surface area contributed by atoms with E-state index >= 15 is 0 Å². The van der Waals surface area contributed by atoms with E-state index < -0.39 is 11.0 Å². The van der Waals surface area contributed by atoms with Gasteiger partial charge in [-0.2, -0.15) is 5.26 Å². The predicted molar refractivity (Wildman–Crippen MR) is 67.2 cm³/mol. The molecule has 0 saturated heterocycles. The van der Waals surface area contributed by atoms with E-state index in [1.54, 1.807) is 0 Å². The minimum atomic E-state index is -0.528. The fourth-order valence-electron chi connectivity index (χ4n) is 1.48. The van der Waals surface area contributed by atoms with E-state index in [1.807, 2.05) is 13.0 Å². The minimum absolute atomic E-state index is 0.125. The second kappa shape index (κ2) is 6.57. The van der Waals surface area contributed by atoms with Crippen LogP contribution in [-0.4, -0.2) is 22.7 Å². The predicted octanol–water partition coefficient (Wildman–Crippen LogP) is 2.04. The lowest BCUT2D eigenvalue weighted by Gasteiger charge is -2.10. The number of nitro groups is 1. The highest BCUT2D eigenvalue weighted by Crippen LogP contribution is 2.25. The second-order valence-corrected chi connectivity index (χ2v) is 3.88. The van der Waals surface area contributed by atoms with Gasteiger partial charge in [0.05, 0.1) is 22.7 Å². The van der Waals surface area contributed by atoms with Gasteiger partial charge in [-0.3, -0.25) is 10.1 Å². The number of aliphatic hydroxyl groups is 1. The maximum atomic E-state index is 10.8. The molecule has 0 radical (unpaired) electrons. The summed E-state index contributed by atoms with van der Waals surface area (Å²) >= 11 is 0. The maximum Gasteiger partial charge on any atom is 0.293 e. The third-order valence-corrected chi connectivity index (χ3v) is 2.59. The van der Waals surface area contributed by atoms with Gasteiger partial charge in [-0.05, 0) is 25.0 Å². The van der Waals surface area contributed by atoms with Crippen LogP contribution >= 0.6 is 0 Å².